The summed E-state index contributed by atoms with van der Waals surface area (Å²) in [7, 11) is 1.63. The van der Waals surface area contributed by atoms with Crippen LogP contribution in [-0.2, 0) is 18.8 Å². The zero-order valence-corrected chi connectivity index (χ0v) is 18.2. The first-order valence-electron chi connectivity index (χ1n) is 7.98. The largest absolute Gasteiger partial charge is 0.352 e. The van der Waals surface area contributed by atoms with E-state index >= 15 is 0 Å². The highest BCUT2D eigenvalue weighted by atomic mass is 127. The lowest BCUT2D eigenvalue weighted by atomic mass is 10.1. The second kappa shape index (κ2) is 11.8. The molecular weight excluding hydrogens is 482 g/mol. The maximum absolute atomic E-state index is 13.4. The van der Waals surface area contributed by atoms with Crippen LogP contribution >= 0.6 is 35.7 Å². The minimum atomic E-state index is -0.402. The van der Waals surface area contributed by atoms with Gasteiger partial charge in [-0.15, -0.1) is 24.0 Å². The molecule has 0 aliphatic heterocycles. The number of para-hydroxylation sites is 1. The van der Waals surface area contributed by atoms with E-state index in [2.05, 4.69) is 15.6 Å². The van der Waals surface area contributed by atoms with Gasteiger partial charge >= 0.3 is 0 Å². The maximum Gasteiger partial charge on any atom is 0.274 e. The van der Waals surface area contributed by atoms with E-state index in [-0.39, 0.29) is 42.0 Å². The van der Waals surface area contributed by atoms with Gasteiger partial charge in [-0.05, 0) is 29.5 Å². The van der Waals surface area contributed by atoms with Crippen LogP contribution < -0.4 is 10.6 Å². The highest BCUT2D eigenvalue weighted by Gasteiger charge is 2.12. The van der Waals surface area contributed by atoms with Crippen LogP contribution in [0.15, 0.2) is 47.5 Å². The first-order valence-corrected chi connectivity index (χ1v) is 9.37. The molecule has 0 radical (unpaired) electrons. The Kier molecular flexibility index (Phi) is 10.1. The van der Waals surface area contributed by atoms with Gasteiger partial charge in [-0.2, -0.15) is 11.8 Å². The zero-order chi connectivity index (χ0) is 18.9. The topological polar surface area (TPSA) is 79.6 Å². The van der Waals surface area contributed by atoms with Crippen LogP contribution in [0.4, 0.5) is 10.1 Å². The van der Waals surface area contributed by atoms with Gasteiger partial charge in [0, 0.05) is 37.5 Å². The number of aliphatic imine (C=N–C) groups is 1. The van der Waals surface area contributed by atoms with E-state index in [4.69, 9.17) is 0 Å². The number of nitrogens with one attached hydrogen (secondary N) is 2. The number of guanidine groups is 1. The molecule has 6 nitrogen and oxygen atoms in total. The number of nitro benzene ring substituents is 1. The van der Waals surface area contributed by atoms with Crippen molar-refractivity contribution >= 4 is 47.4 Å². The summed E-state index contributed by atoms with van der Waals surface area (Å²) in [5.74, 6) is 0.982. The summed E-state index contributed by atoms with van der Waals surface area (Å²) in [5, 5.41) is 17.3. The van der Waals surface area contributed by atoms with Gasteiger partial charge in [0.2, 0.25) is 0 Å². The summed E-state index contributed by atoms with van der Waals surface area (Å²) >= 11 is 1.63. The molecule has 0 saturated heterocycles. The second-order valence-corrected chi connectivity index (χ2v) is 6.38. The summed E-state index contributed by atoms with van der Waals surface area (Å²) in [4.78, 5) is 14.8. The molecule has 2 aromatic rings. The molecule has 0 bridgehead atoms. The van der Waals surface area contributed by atoms with E-state index in [1.54, 1.807) is 43.1 Å². The molecule has 2 N–H and O–H groups in total. The third-order valence-electron chi connectivity index (χ3n) is 3.77. The molecule has 0 amide bonds. The highest BCUT2D eigenvalue weighted by Crippen LogP contribution is 2.18. The molecule has 0 heterocycles. The Bertz CT molecular complexity index is 805. The monoisotopic (exact) mass is 504 g/mol. The van der Waals surface area contributed by atoms with Gasteiger partial charge < -0.3 is 10.6 Å². The third-order valence-corrected chi connectivity index (χ3v) is 4.37. The van der Waals surface area contributed by atoms with Gasteiger partial charge in [-0.25, -0.2) is 4.39 Å². The maximum atomic E-state index is 13.4. The number of hydrogen-bond donors (Lipinski definition) is 2. The average molecular weight is 504 g/mol. The van der Waals surface area contributed by atoms with Crippen molar-refractivity contribution in [3.8, 4) is 0 Å². The SMILES string of the molecule is CN=C(NCc1ccc(F)cc1CSC)NCc1ccccc1[N+](=O)[O-].I. The fourth-order valence-electron chi connectivity index (χ4n) is 2.47. The Balaban J connectivity index is 0.00000364. The first kappa shape index (κ1) is 23.2. The lowest BCUT2D eigenvalue weighted by Gasteiger charge is -2.14. The van der Waals surface area contributed by atoms with E-state index in [1.807, 2.05) is 6.26 Å². The van der Waals surface area contributed by atoms with Crippen LogP contribution in [0.3, 0.4) is 0 Å². The Morgan fingerprint density at radius 2 is 1.81 bits per heavy atom. The van der Waals surface area contributed by atoms with Crippen LogP contribution in [0.2, 0.25) is 0 Å². The molecule has 0 aliphatic rings. The smallest absolute Gasteiger partial charge is 0.274 e. The molecule has 9 heteroatoms. The number of hydrogen-bond acceptors (Lipinski definition) is 4. The molecule has 0 saturated carbocycles. The quantitative estimate of drug-likeness (QED) is 0.195. The Morgan fingerprint density at radius 1 is 1.15 bits per heavy atom. The van der Waals surface area contributed by atoms with Crippen LogP contribution in [0.25, 0.3) is 0 Å². The molecule has 0 fully saturated rings. The fraction of sp³-hybridized carbons (Fsp3) is 0.278. The lowest BCUT2D eigenvalue weighted by molar-refractivity contribution is -0.385. The molecule has 2 aromatic carbocycles. The lowest BCUT2D eigenvalue weighted by Crippen LogP contribution is -2.36. The van der Waals surface area contributed by atoms with Crippen LogP contribution in [0.1, 0.15) is 16.7 Å². The Morgan fingerprint density at radius 3 is 2.44 bits per heavy atom. The molecular formula is C18H22FIN4O2S. The van der Waals surface area contributed by atoms with Crippen molar-refractivity contribution in [2.45, 2.75) is 18.8 Å². The van der Waals surface area contributed by atoms with Crippen molar-refractivity contribution in [2.24, 2.45) is 4.99 Å². The minimum Gasteiger partial charge on any atom is -0.352 e. The van der Waals surface area contributed by atoms with E-state index in [9.17, 15) is 14.5 Å². The van der Waals surface area contributed by atoms with Crippen molar-refractivity contribution in [1.29, 1.82) is 0 Å². The number of benzene rings is 2. The highest BCUT2D eigenvalue weighted by molar-refractivity contribution is 14.0. The van der Waals surface area contributed by atoms with E-state index in [0.717, 1.165) is 16.9 Å². The molecule has 0 aliphatic carbocycles. The van der Waals surface area contributed by atoms with Gasteiger partial charge in [0.25, 0.3) is 5.69 Å². The van der Waals surface area contributed by atoms with Gasteiger partial charge in [0.1, 0.15) is 5.82 Å². The number of halogens is 2. The molecule has 27 heavy (non-hydrogen) atoms. The van der Waals surface area contributed by atoms with Crippen molar-refractivity contribution < 1.29 is 9.31 Å². The predicted molar refractivity (Wildman–Crippen MR) is 119 cm³/mol. The second-order valence-electron chi connectivity index (χ2n) is 5.51. The minimum absolute atomic E-state index is 0. The van der Waals surface area contributed by atoms with Gasteiger partial charge in [-0.1, -0.05) is 24.3 Å². The van der Waals surface area contributed by atoms with E-state index < -0.39 is 4.92 Å². The van der Waals surface area contributed by atoms with Crippen LogP contribution in [0, 0.1) is 15.9 Å². The molecule has 0 spiro atoms. The zero-order valence-electron chi connectivity index (χ0n) is 15.1. The normalized spacial score (nSPS) is 10.9. The molecule has 0 atom stereocenters. The van der Waals surface area contributed by atoms with Crippen molar-refractivity contribution in [3.63, 3.8) is 0 Å². The van der Waals surface area contributed by atoms with Crippen molar-refractivity contribution in [1.82, 2.24) is 10.6 Å². The number of rotatable bonds is 7. The first-order chi connectivity index (χ1) is 12.5. The van der Waals surface area contributed by atoms with E-state index in [1.165, 1.54) is 18.2 Å². The van der Waals surface area contributed by atoms with Gasteiger partial charge in [-0.3, -0.25) is 15.1 Å². The Labute approximate surface area is 179 Å². The summed E-state index contributed by atoms with van der Waals surface area (Å²) in [6, 6.07) is 11.3. The van der Waals surface area contributed by atoms with Crippen LogP contribution in [0.5, 0.6) is 0 Å². The number of nitro groups is 1. The summed E-state index contributed by atoms with van der Waals surface area (Å²) < 4.78 is 13.4. The molecule has 2 rings (SSSR count). The van der Waals surface area contributed by atoms with Crippen molar-refractivity contribution in [3.05, 3.63) is 75.1 Å². The average Bonchev–Trinajstić information content (AvgIpc) is 2.63. The van der Waals surface area contributed by atoms with E-state index in [0.29, 0.717) is 18.1 Å². The number of thioether (sulfide) groups is 1. The third kappa shape index (κ3) is 6.98. The standard InChI is InChI=1S/C18H21FN4O2S.HI/c1-20-18(22-11-14-5-3-4-6-17(14)23(24)25)21-10-13-7-8-16(19)9-15(13)12-26-2;/h3-9H,10-12H2,1-2H3,(H2,20,21,22);1H. The predicted octanol–water partition coefficient (Wildman–Crippen LogP) is 4.08. The van der Waals surface area contributed by atoms with Crippen LogP contribution in [-0.4, -0.2) is 24.2 Å². The summed E-state index contributed by atoms with van der Waals surface area (Å²) in [6.07, 6.45) is 1.97. The Hall–Kier alpha value is -1.88. The molecule has 146 valence electrons. The fourth-order valence-corrected chi connectivity index (χ4v) is 3.05. The molecule has 0 aromatic heterocycles. The van der Waals surface area contributed by atoms with Gasteiger partial charge in [0.15, 0.2) is 5.96 Å². The number of nitrogens with zero attached hydrogens (tertiary/aromatic N) is 2. The molecule has 0 unspecified atom stereocenters. The summed E-state index contributed by atoms with van der Waals surface area (Å²) in [6.45, 7) is 0.755. The summed E-state index contributed by atoms with van der Waals surface area (Å²) in [5.41, 5.74) is 2.55. The van der Waals surface area contributed by atoms with Crippen molar-refractivity contribution in [2.75, 3.05) is 13.3 Å². The van der Waals surface area contributed by atoms with Gasteiger partial charge in [0.05, 0.1) is 4.92 Å².